The maximum atomic E-state index is 13.1. The Morgan fingerprint density at radius 2 is 2.16 bits per heavy atom. The Balaban J connectivity index is 1.51. The van der Waals surface area contributed by atoms with E-state index in [4.69, 9.17) is 9.15 Å². The molecule has 1 aromatic carbocycles. The Morgan fingerprint density at radius 1 is 1.34 bits per heavy atom. The Labute approximate surface area is 189 Å². The molecule has 6 nitrogen and oxygen atoms in total. The van der Waals surface area contributed by atoms with Gasteiger partial charge in [0.2, 0.25) is 0 Å². The molecule has 174 valence electrons. The summed E-state index contributed by atoms with van der Waals surface area (Å²) in [5, 5.41) is 11.8. The summed E-state index contributed by atoms with van der Waals surface area (Å²) in [5.74, 6) is 0.648. The predicted octanol–water partition coefficient (Wildman–Crippen LogP) is 4.36. The standard InChI is InChI=1S/C26H35NO5/c1-4-5-8-19-15-23(28)32-24-17(2)22(11-10-21(19)24)31-18(3)25(29)27-14-13-26(30)12-7-6-9-20(26)16-27/h10-11,15,18,20,30H,4-9,12-14,16H2,1-3H3/t18-,20+,26+/m1/s1. The van der Waals surface area contributed by atoms with Gasteiger partial charge in [-0.05, 0) is 63.6 Å². The van der Waals surface area contributed by atoms with Crippen molar-refractivity contribution < 1.29 is 19.1 Å². The van der Waals surface area contributed by atoms with Crippen LogP contribution in [0.2, 0.25) is 0 Å². The van der Waals surface area contributed by atoms with Crippen LogP contribution >= 0.6 is 0 Å². The summed E-state index contributed by atoms with van der Waals surface area (Å²) in [6.07, 6.45) is 6.86. The number of rotatable bonds is 6. The molecule has 0 radical (unpaired) electrons. The molecule has 4 rings (SSSR count). The second kappa shape index (κ2) is 9.26. The van der Waals surface area contributed by atoms with Crippen molar-refractivity contribution in [3.05, 3.63) is 39.7 Å². The van der Waals surface area contributed by atoms with Crippen LogP contribution in [0.15, 0.2) is 27.4 Å². The molecule has 1 N–H and O–H groups in total. The smallest absolute Gasteiger partial charge is 0.336 e. The van der Waals surface area contributed by atoms with Gasteiger partial charge in [0, 0.05) is 36.0 Å². The van der Waals surface area contributed by atoms with E-state index in [9.17, 15) is 14.7 Å². The van der Waals surface area contributed by atoms with Gasteiger partial charge in [-0.1, -0.05) is 26.2 Å². The Kier molecular flexibility index (Phi) is 6.61. The van der Waals surface area contributed by atoms with Crippen molar-refractivity contribution in [2.24, 2.45) is 5.92 Å². The van der Waals surface area contributed by atoms with Crippen molar-refractivity contribution in [1.82, 2.24) is 4.90 Å². The third kappa shape index (κ3) is 4.42. The Hall–Kier alpha value is -2.34. The monoisotopic (exact) mass is 441 g/mol. The molecule has 2 fully saturated rings. The fourth-order valence-electron chi connectivity index (χ4n) is 5.38. The number of nitrogens with zero attached hydrogens (tertiary/aromatic N) is 1. The van der Waals surface area contributed by atoms with Gasteiger partial charge in [0.15, 0.2) is 6.10 Å². The van der Waals surface area contributed by atoms with Crippen LogP contribution in [0, 0.1) is 12.8 Å². The highest BCUT2D eigenvalue weighted by molar-refractivity contribution is 5.85. The van der Waals surface area contributed by atoms with Gasteiger partial charge >= 0.3 is 5.63 Å². The summed E-state index contributed by atoms with van der Waals surface area (Å²) in [5.41, 5.74) is 1.29. The molecule has 2 heterocycles. The quantitative estimate of drug-likeness (QED) is 0.674. The van der Waals surface area contributed by atoms with E-state index in [0.717, 1.165) is 61.5 Å². The zero-order valence-electron chi connectivity index (χ0n) is 19.5. The fourth-order valence-corrected chi connectivity index (χ4v) is 5.38. The molecule has 2 aromatic rings. The molecule has 1 amide bonds. The molecular weight excluding hydrogens is 406 g/mol. The van der Waals surface area contributed by atoms with E-state index in [-0.39, 0.29) is 17.5 Å². The minimum Gasteiger partial charge on any atom is -0.480 e. The largest absolute Gasteiger partial charge is 0.480 e. The maximum Gasteiger partial charge on any atom is 0.336 e. The lowest BCUT2D eigenvalue weighted by Gasteiger charge is -2.47. The zero-order chi connectivity index (χ0) is 22.9. The number of fused-ring (bicyclic) bond motifs is 2. The minimum absolute atomic E-state index is 0.0599. The van der Waals surface area contributed by atoms with Crippen molar-refractivity contribution >= 4 is 16.9 Å². The number of amides is 1. The highest BCUT2D eigenvalue weighted by Crippen LogP contribution is 2.40. The zero-order valence-corrected chi connectivity index (χ0v) is 19.5. The summed E-state index contributed by atoms with van der Waals surface area (Å²) in [4.78, 5) is 27.1. The van der Waals surface area contributed by atoms with E-state index in [1.165, 1.54) is 0 Å². The maximum absolute atomic E-state index is 13.1. The molecular formula is C26H35NO5. The van der Waals surface area contributed by atoms with Gasteiger partial charge < -0.3 is 19.2 Å². The molecule has 0 unspecified atom stereocenters. The second-order valence-corrected chi connectivity index (χ2v) is 9.60. The number of benzene rings is 1. The first-order valence-corrected chi connectivity index (χ1v) is 12.1. The van der Waals surface area contributed by atoms with E-state index >= 15 is 0 Å². The van der Waals surface area contributed by atoms with Gasteiger partial charge in [-0.15, -0.1) is 0 Å². The van der Waals surface area contributed by atoms with Gasteiger partial charge in [-0.25, -0.2) is 4.79 Å². The third-order valence-electron chi connectivity index (χ3n) is 7.39. The van der Waals surface area contributed by atoms with Gasteiger partial charge in [-0.2, -0.15) is 0 Å². The molecule has 1 aromatic heterocycles. The number of unbranched alkanes of at least 4 members (excludes halogenated alkanes) is 1. The van der Waals surface area contributed by atoms with Crippen LogP contribution in [0.3, 0.4) is 0 Å². The topological polar surface area (TPSA) is 80.0 Å². The highest BCUT2D eigenvalue weighted by Gasteiger charge is 2.44. The lowest BCUT2D eigenvalue weighted by atomic mass is 9.71. The number of hydrogen-bond acceptors (Lipinski definition) is 5. The summed E-state index contributed by atoms with van der Waals surface area (Å²) >= 11 is 0. The first kappa shape index (κ1) is 22.8. The number of hydrogen-bond donors (Lipinski definition) is 1. The van der Waals surface area contributed by atoms with Gasteiger partial charge in [0.05, 0.1) is 5.60 Å². The number of carbonyl (C=O) groups excluding carboxylic acids is 1. The van der Waals surface area contributed by atoms with Crippen LogP contribution < -0.4 is 10.4 Å². The summed E-state index contributed by atoms with van der Waals surface area (Å²) < 4.78 is 11.6. The number of aryl methyl sites for hydroxylation is 2. The van der Waals surface area contributed by atoms with Crippen molar-refractivity contribution in [3.63, 3.8) is 0 Å². The van der Waals surface area contributed by atoms with Crippen LogP contribution in [-0.4, -0.2) is 40.7 Å². The number of aliphatic hydroxyl groups is 1. The van der Waals surface area contributed by atoms with Crippen LogP contribution in [0.4, 0.5) is 0 Å². The van der Waals surface area contributed by atoms with E-state index < -0.39 is 11.7 Å². The summed E-state index contributed by atoms with van der Waals surface area (Å²) in [6, 6.07) is 5.37. The Morgan fingerprint density at radius 3 is 2.94 bits per heavy atom. The second-order valence-electron chi connectivity index (χ2n) is 9.60. The first-order valence-electron chi connectivity index (χ1n) is 12.1. The van der Waals surface area contributed by atoms with E-state index in [1.807, 2.05) is 24.0 Å². The molecule has 3 atom stereocenters. The minimum atomic E-state index is -0.657. The number of piperidine rings is 1. The van der Waals surface area contributed by atoms with Crippen LogP contribution in [0.1, 0.15) is 69.9 Å². The lowest BCUT2D eigenvalue weighted by Crippen LogP contribution is -2.56. The lowest BCUT2D eigenvalue weighted by molar-refractivity contribution is -0.149. The normalized spacial score (nSPS) is 24.2. The highest BCUT2D eigenvalue weighted by atomic mass is 16.5. The van der Waals surface area contributed by atoms with E-state index in [0.29, 0.717) is 30.8 Å². The van der Waals surface area contributed by atoms with Crippen molar-refractivity contribution in [2.45, 2.75) is 83.8 Å². The Bertz CT molecular complexity index is 1040. The third-order valence-corrected chi connectivity index (χ3v) is 7.39. The van der Waals surface area contributed by atoms with Gasteiger partial charge in [-0.3, -0.25) is 4.79 Å². The number of likely N-dealkylation sites (tertiary alicyclic amines) is 1. The van der Waals surface area contributed by atoms with E-state index in [2.05, 4.69) is 6.92 Å². The van der Waals surface area contributed by atoms with Crippen molar-refractivity contribution in [1.29, 1.82) is 0 Å². The van der Waals surface area contributed by atoms with Crippen LogP contribution in [-0.2, 0) is 11.2 Å². The molecule has 1 aliphatic heterocycles. The molecule has 2 aliphatic rings. The SMILES string of the molecule is CCCCc1cc(=O)oc2c(C)c(O[C@H](C)C(=O)N3CC[C@@]4(O)CCCC[C@H]4C3)ccc12. The van der Waals surface area contributed by atoms with Crippen molar-refractivity contribution in [3.8, 4) is 5.75 Å². The first-order chi connectivity index (χ1) is 15.3. The van der Waals surface area contributed by atoms with Gasteiger partial charge in [0.25, 0.3) is 5.91 Å². The fraction of sp³-hybridized carbons (Fsp3) is 0.615. The molecule has 6 heteroatoms. The average Bonchev–Trinajstić information content (AvgIpc) is 2.78. The number of ether oxygens (including phenoxy) is 1. The van der Waals surface area contributed by atoms with E-state index in [1.54, 1.807) is 13.0 Å². The molecule has 32 heavy (non-hydrogen) atoms. The van der Waals surface area contributed by atoms with Crippen LogP contribution in [0.5, 0.6) is 5.75 Å². The van der Waals surface area contributed by atoms with Crippen molar-refractivity contribution in [2.75, 3.05) is 13.1 Å². The summed E-state index contributed by atoms with van der Waals surface area (Å²) in [6.45, 7) is 6.91. The molecule has 1 saturated heterocycles. The molecule has 0 spiro atoms. The molecule has 0 bridgehead atoms. The molecule has 1 aliphatic carbocycles. The predicted molar refractivity (Wildman–Crippen MR) is 124 cm³/mol. The molecule has 1 saturated carbocycles. The average molecular weight is 442 g/mol. The van der Waals surface area contributed by atoms with Gasteiger partial charge in [0.1, 0.15) is 11.3 Å². The number of carbonyl (C=O) groups is 1. The van der Waals surface area contributed by atoms with Crippen LogP contribution in [0.25, 0.3) is 11.0 Å². The summed E-state index contributed by atoms with van der Waals surface area (Å²) in [7, 11) is 0.